The van der Waals surface area contributed by atoms with Crippen LogP contribution in [0.25, 0.3) is 0 Å². The molecule has 2 heteroatoms. The van der Waals surface area contributed by atoms with Crippen LogP contribution in [0.15, 0.2) is 18.3 Å². The molecule has 102 valence electrons. The lowest BCUT2D eigenvalue weighted by atomic mass is 9.77. The molecule has 1 heterocycles. The minimum atomic E-state index is 0.353. The normalized spacial score (nSPS) is 15.4. The molecule has 1 aromatic heterocycles. The molecule has 0 aliphatic carbocycles. The highest BCUT2D eigenvalue weighted by Crippen LogP contribution is 2.33. The number of rotatable bonds is 5. The van der Waals surface area contributed by atoms with Gasteiger partial charge in [-0.1, -0.05) is 40.7 Å². The third-order valence-electron chi connectivity index (χ3n) is 3.85. The Morgan fingerprint density at radius 3 is 2.39 bits per heavy atom. The van der Waals surface area contributed by atoms with Crippen molar-refractivity contribution in [2.75, 3.05) is 6.54 Å². The maximum atomic E-state index is 4.41. The molecular formula is C16H28N2. The zero-order valence-corrected chi connectivity index (χ0v) is 12.7. The second kappa shape index (κ2) is 6.33. The molecular weight excluding hydrogens is 220 g/mol. The van der Waals surface area contributed by atoms with Crippen LogP contribution in [0.3, 0.4) is 0 Å². The van der Waals surface area contributed by atoms with Gasteiger partial charge in [0.1, 0.15) is 0 Å². The average Bonchev–Trinajstić information content (AvgIpc) is 2.28. The fraction of sp³-hybridized carbons (Fsp3) is 0.688. The Morgan fingerprint density at radius 1 is 1.28 bits per heavy atom. The molecule has 0 saturated carbocycles. The van der Waals surface area contributed by atoms with Gasteiger partial charge in [0.05, 0.1) is 0 Å². The second-order valence-electron chi connectivity index (χ2n) is 6.35. The Balaban J connectivity index is 2.80. The lowest BCUT2D eigenvalue weighted by molar-refractivity contribution is 0.224. The maximum absolute atomic E-state index is 4.41. The first-order valence-electron chi connectivity index (χ1n) is 7.00. The first-order valence-corrected chi connectivity index (χ1v) is 7.00. The van der Waals surface area contributed by atoms with Gasteiger partial charge in [0.2, 0.25) is 0 Å². The van der Waals surface area contributed by atoms with E-state index in [9.17, 15) is 0 Å². The number of hydrogen-bond acceptors (Lipinski definition) is 2. The van der Waals surface area contributed by atoms with Gasteiger partial charge in [0, 0.05) is 17.9 Å². The first kappa shape index (κ1) is 15.2. The quantitative estimate of drug-likeness (QED) is 0.848. The van der Waals surface area contributed by atoms with E-state index >= 15 is 0 Å². The summed E-state index contributed by atoms with van der Waals surface area (Å²) in [5.41, 5.74) is 2.74. The van der Waals surface area contributed by atoms with E-state index in [1.807, 2.05) is 13.1 Å². The summed E-state index contributed by atoms with van der Waals surface area (Å²) in [6.07, 6.45) is 3.17. The fourth-order valence-electron chi connectivity index (χ4n) is 1.98. The van der Waals surface area contributed by atoms with Gasteiger partial charge in [-0.2, -0.15) is 0 Å². The van der Waals surface area contributed by atoms with Crippen molar-refractivity contribution in [1.82, 2.24) is 10.3 Å². The van der Waals surface area contributed by atoms with Crippen molar-refractivity contribution in [3.63, 3.8) is 0 Å². The van der Waals surface area contributed by atoms with Gasteiger partial charge < -0.3 is 5.32 Å². The smallest absolute Gasteiger partial charge is 0.0372 e. The Labute approximate surface area is 112 Å². The van der Waals surface area contributed by atoms with E-state index in [-0.39, 0.29) is 0 Å². The number of aromatic nitrogens is 1. The summed E-state index contributed by atoms with van der Waals surface area (Å²) in [5.74, 6) is 0.669. The van der Waals surface area contributed by atoms with Gasteiger partial charge in [-0.25, -0.2) is 0 Å². The molecule has 0 amide bonds. The number of aryl methyl sites for hydroxylation is 1. The molecule has 0 fully saturated rings. The van der Waals surface area contributed by atoms with Crippen molar-refractivity contribution in [2.45, 2.75) is 54.0 Å². The third-order valence-corrected chi connectivity index (χ3v) is 3.85. The van der Waals surface area contributed by atoms with E-state index in [1.54, 1.807) is 0 Å². The van der Waals surface area contributed by atoms with Crippen LogP contribution in [-0.4, -0.2) is 11.5 Å². The molecule has 0 aliphatic heterocycles. The van der Waals surface area contributed by atoms with Crippen LogP contribution in [0.1, 0.15) is 58.3 Å². The lowest BCUT2D eigenvalue weighted by Gasteiger charge is -2.31. The van der Waals surface area contributed by atoms with Crippen LogP contribution in [0.4, 0.5) is 0 Å². The predicted molar refractivity (Wildman–Crippen MR) is 78.6 cm³/mol. The van der Waals surface area contributed by atoms with Gasteiger partial charge in [0.15, 0.2) is 0 Å². The zero-order chi connectivity index (χ0) is 13.8. The van der Waals surface area contributed by atoms with E-state index in [0.29, 0.717) is 17.4 Å². The Hall–Kier alpha value is -0.890. The molecule has 0 aromatic carbocycles. The Bertz CT molecular complexity index is 348. The van der Waals surface area contributed by atoms with Gasteiger partial charge in [-0.3, -0.25) is 4.98 Å². The summed E-state index contributed by atoms with van der Waals surface area (Å²) in [4.78, 5) is 4.41. The minimum Gasteiger partial charge on any atom is -0.310 e. The summed E-state index contributed by atoms with van der Waals surface area (Å²) in [6.45, 7) is 14.5. The van der Waals surface area contributed by atoms with Crippen LogP contribution in [-0.2, 0) is 0 Å². The molecule has 0 bridgehead atoms. The van der Waals surface area contributed by atoms with Crippen molar-refractivity contribution < 1.29 is 0 Å². The summed E-state index contributed by atoms with van der Waals surface area (Å²) in [6, 6.07) is 4.71. The number of hydrogen-bond donors (Lipinski definition) is 1. The first-order chi connectivity index (χ1) is 8.34. The summed E-state index contributed by atoms with van der Waals surface area (Å²) in [5, 5.41) is 3.58. The molecule has 2 unspecified atom stereocenters. The van der Waals surface area contributed by atoms with Crippen LogP contribution in [0, 0.1) is 18.3 Å². The van der Waals surface area contributed by atoms with Crippen molar-refractivity contribution in [1.29, 1.82) is 0 Å². The highest BCUT2D eigenvalue weighted by molar-refractivity contribution is 5.17. The van der Waals surface area contributed by atoms with Crippen molar-refractivity contribution in [2.24, 2.45) is 11.3 Å². The molecule has 18 heavy (non-hydrogen) atoms. The molecule has 2 atom stereocenters. The minimum absolute atomic E-state index is 0.353. The monoisotopic (exact) mass is 248 g/mol. The Kier molecular flexibility index (Phi) is 5.33. The highest BCUT2D eigenvalue weighted by Gasteiger charge is 2.24. The van der Waals surface area contributed by atoms with Crippen LogP contribution < -0.4 is 5.32 Å². The van der Waals surface area contributed by atoms with Crippen LogP contribution >= 0.6 is 0 Å². The van der Waals surface area contributed by atoms with E-state index in [2.05, 4.69) is 57.1 Å². The molecule has 0 spiro atoms. The van der Waals surface area contributed by atoms with Gasteiger partial charge in [-0.15, -0.1) is 0 Å². The van der Waals surface area contributed by atoms with E-state index in [0.717, 1.165) is 18.7 Å². The molecule has 1 rings (SSSR count). The number of nitrogens with one attached hydrogen (secondary N) is 1. The summed E-state index contributed by atoms with van der Waals surface area (Å²) >= 11 is 0. The van der Waals surface area contributed by atoms with Gasteiger partial charge in [-0.05, 0) is 42.9 Å². The predicted octanol–water partition coefficient (Wildman–Crippen LogP) is 4.11. The standard InChI is InChI=1S/C16H28N2/c1-7-17-15(10-12(2)16(4,5)6)14-9-8-13(3)18-11-14/h8-9,11-12,15,17H,7,10H2,1-6H3. The molecule has 0 aliphatic rings. The van der Waals surface area contributed by atoms with Crippen molar-refractivity contribution in [3.8, 4) is 0 Å². The third kappa shape index (κ3) is 4.41. The van der Waals surface area contributed by atoms with E-state index in [4.69, 9.17) is 0 Å². The molecule has 1 N–H and O–H groups in total. The molecule has 1 aromatic rings. The fourth-order valence-corrected chi connectivity index (χ4v) is 1.98. The Morgan fingerprint density at radius 2 is 1.94 bits per heavy atom. The average molecular weight is 248 g/mol. The zero-order valence-electron chi connectivity index (χ0n) is 12.7. The SMILES string of the molecule is CCNC(CC(C)C(C)(C)C)c1ccc(C)nc1. The number of nitrogens with zero attached hydrogens (tertiary/aromatic N) is 1. The molecule has 0 radical (unpaired) electrons. The van der Waals surface area contributed by atoms with Crippen LogP contribution in [0.2, 0.25) is 0 Å². The number of pyridine rings is 1. The second-order valence-corrected chi connectivity index (χ2v) is 6.35. The van der Waals surface area contributed by atoms with Crippen molar-refractivity contribution in [3.05, 3.63) is 29.6 Å². The summed E-state index contributed by atoms with van der Waals surface area (Å²) in [7, 11) is 0. The van der Waals surface area contributed by atoms with Gasteiger partial charge in [0.25, 0.3) is 0 Å². The van der Waals surface area contributed by atoms with Crippen molar-refractivity contribution >= 4 is 0 Å². The maximum Gasteiger partial charge on any atom is 0.0372 e. The highest BCUT2D eigenvalue weighted by atomic mass is 14.9. The van der Waals surface area contributed by atoms with E-state index < -0.39 is 0 Å². The van der Waals surface area contributed by atoms with Gasteiger partial charge >= 0.3 is 0 Å². The largest absolute Gasteiger partial charge is 0.310 e. The van der Waals surface area contributed by atoms with E-state index in [1.165, 1.54) is 5.56 Å². The molecule has 2 nitrogen and oxygen atoms in total. The summed E-state index contributed by atoms with van der Waals surface area (Å²) < 4.78 is 0. The topological polar surface area (TPSA) is 24.9 Å². The lowest BCUT2D eigenvalue weighted by Crippen LogP contribution is -2.27. The molecule has 0 saturated heterocycles. The van der Waals surface area contributed by atoms with Crippen LogP contribution in [0.5, 0.6) is 0 Å².